The van der Waals surface area contributed by atoms with Gasteiger partial charge in [0.1, 0.15) is 5.75 Å². The molecule has 24 heavy (non-hydrogen) atoms. The number of anilines is 1. The van der Waals surface area contributed by atoms with Crippen LogP contribution >= 0.6 is 0 Å². The standard InChI is InChI=1S/C20H23NO3/c1-24-17-9-10-18-15(13-17)5-3-7-19(18)21-16-6-2-4-14(12-16)8-11-20(22)23/h2,4,6,9-10,12-13,19,21H,3,5,7-8,11H2,1H3,(H,22,23). The topological polar surface area (TPSA) is 58.6 Å². The van der Waals surface area contributed by atoms with Gasteiger partial charge in [-0.25, -0.2) is 0 Å². The van der Waals surface area contributed by atoms with Crippen LogP contribution in [0.2, 0.25) is 0 Å². The SMILES string of the molecule is COc1ccc2c(c1)CCCC2Nc1cccc(CCC(=O)O)c1. The van der Waals surface area contributed by atoms with Crippen molar-refractivity contribution in [2.75, 3.05) is 12.4 Å². The number of methoxy groups -OCH3 is 1. The Balaban J connectivity index is 1.75. The number of aryl methyl sites for hydroxylation is 2. The van der Waals surface area contributed by atoms with Crippen molar-refractivity contribution in [2.45, 2.75) is 38.1 Å². The third-order valence-corrected chi connectivity index (χ3v) is 4.56. The van der Waals surface area contributed by atoms with E-state index in [0.29, 0.717) is 6.42 Å². The van der Waals surface area contributed by atoms with E-state index in [1.807, 2.05) is 24.3 Å². The van der Waals surface area contributed by atoms with E-state index in [2.05, 4.69) is 23.5 Å². The van der Waals surface area contributed by atoms with Gasteiger partial charge in [-0.2, -0.15) is 0 Å². The van der Waals surface area contributed by atoms with Gasteiger partial charge in [0.2, 0.25) is 0 Å². The minimum atomic E-state index is -0.761. The lowest BCUT2D eigenvalue weighted by molar-refractivity contribution is -0.136. The highest BCUT2D eigenvalue weighted by Gasteiger charge is 2.20. The van der Waals surface area contributed by atoms with Crippen LogP contribution < -0.4 is 10.1 Å². The molecular formula is C20H23NO3. The Bertz CT molecular complexity index is 727. The van der Waals surface area contributed by atoms with Crippen LogP contribution in [-0.4, -0.2) is 18.2 Å². The first-order chi connectivity index (χ1) is 11.7. The summed E-state index contributed by atoms with van der Waals surface area (Å²) in [4.78, 5) is 10.7. The van der Waals surface area contributed by atoms with Crippen molar-refractivity contribution in [3.63, 3.8) is 0 Å². The van der Waals surface area contributed by atoms with Gasteiger partial charge >= 0.3 is 5.97 Å². The minimum Gasteiger partial charge on any atom is -0.497 e. The molecule has 0 saturated heterocycles. The van der Waals surface area contributed by atoms with Gasteiger partial charge < -0.3 is 15.2 Å². The number of carboxylic acid groups (broad SMARTS) is 1. The third kappa shape index (κ3) is 3.88. The summed E-state index contributed by atoms with van der Waals surface area (Å²) in [6.45, 7) is 0. The molecule has 2 aromatic rings. The number of ether oxygens (including phenoxy) is 1. The number of hydrogen-bond donors (Lipinski definition) is 2. The molecule has 1 aliphatic carbocycles. The van der Waals surface area contributed by atoms with Crippen molar-refractivity contribution >= 4 is 11.7 Å². The van der Waals surface area contributed by atoms with E-state index in [-0.39, 0.29) is 12.5 Å². The van der Waals surface area contributed by atoms with Gasteiger partial charge in [0.15, 0.2) is 0 Å². The van der Waals surface area contributed by atoms with Crippen molar-refractivity contribution < 1.29 is 14.6 Å². The molecule has 1 unspecified atom stereocenters. The van der Waals surface area contributed by atoms with E-state index in [1.165, 1.54) is 11.1 Å². The predicted molar refractivity (Wildman–Crippen MR) is 94.7 cm³/mol. The lowest BCUT2D eigenvalue weighted by Crippen LogP contribution is -2.17. The van der Waals surface area contributed by atoms with Crippen LogP contribution in [0.3, 0.4) is 0 Å². The Kier molecular flexibility index (Phi) is 5.04. The molecule has 0 saturated carbocycles. The predicted octanol–water partition coefficient (Wildman–Crippen LogP) is 4.20. The van der Waals surface area contributed by atoms with Gasteiger partial charge in [0.05, 0.1) is 13.2 Å². The summed E-state index contributed by atoms with van der Waals surface area (Å²) in [6, 6.07) is 14.6. The van der Waals surface area contributed by atoms with Crippen molar-refractivity contribution in [1.29, 1.82) is 0 Å². The fraction of sp³-hybridized carbons (Fsp3) is 0.350. The Hall–Kier alpha value is -2.49. The minimum absolute atomic E-state index is 0.162. The van der Waals surface area contributed by atoms with Crippen LogP contribution in [0.4, 0.5) is 5.69 Å². The zero-order chi connectivity index (χ0) is 16.9. The average Bonchev–Trinajstić information content (AvgIpc) is 2.60. The van der Waals surface area contributed by atoms with Gasteiger partial charge in [0.25, 0.3) is 0 Å². The van der Waals surface area contributed by atoms with Gasteiger partial charge in [-0.1, -0.05) is 18.2 Å². The zero-order valence-corrected chi connectivity index (χ0v) is 13.9. The maximum atomic E-state index is 10.7. The van der Waals surface area contributed by atoms with E-state index in [0.717, 1.165) is 36.3 Å². The highest BCUT2D eigenvalue weighted by molar-refractivity contribution is 5.67. The first-order valence-electron chi connectivity index (χ1n) is 8.40. The van der Waals surface area contributed by atoms with Crippen LogP contribution in [0.1, 0.15) is 42.0 Å². The maximum absolute atomic E-state index is 10.7. The second-order valence-electron chi connectivity index (χ2n) is 6.25. The molecule has 0 fully saturated rings. The monoisotopic (exact) mass is 325 g/mol. The Morgan fingerprint density at radius 1 is 1.29 bits per heavy atom. The summed E-state index contributed by atoms with van der Waals surface area (Å²) in [6.07, 6.45) is 4.05. The molecule has 0 amide bonds. The van der Waals surface area contributed by atoms with Crippen molar-refractivity contribution in [2.24, 2.45) is 0 Å². The lowest BCUT2D eigenvalue weighted by atomic mass is 9.87. The second kappa shape index (κ2) is 7.39. The normalized spacial score (nSPS) is 16.3. The van der Waals surface area contributed by atoms with Gasteiger partial charge in [-0.3, -0.25) is 4.79 Å². The Morgan fingerprint density at radius 3 is 2.96 bits per heavy atom. The fourth-order valence-corrected chi connectivity index (χ4v) is 3.34. The lowest BCUT2D eigenvalue weighted by Gasteiger charge is -2.28. The van der Waals surface area contributed by atoms with E-state index < -0.39 is 5.97 Å². The maximum Gasteiger partial charge on any atom is 0.303 e. The smallest absolute Gasteiger partial charge is 0.303 e. The number of carboxylic acids is 1. The molecule has 1 atom stereocenters. The molecule has 1 aliphatic rings. The average molecular weight is 325 g/mol. The number of carbonyl (C=O) groups is 1. The van der Waals surface area contributed by atoms with Crippen LogP contribution in [0, 0.1) is 0 Å². The number of benzene rings is 2. The summed E-state index contributed by atoms with van der Waals surface area (Å²) in [5.74, 6) is 0.147. The molecular weight excluding hydrogens is 302 g/mol. The van der Waals surface area contributed by atoms with Crippen LogP contribution in [-0.2, 0) is 17.6 Å². The number of hydrogen-bond acceptors (Lipinski definition) is 3. The largest absolute Gasteiger partial charge is 0.497 e. The number of aliphatic carboxylic acids is 1. The molecule has 0 heterocycles. The highest BCUT2D eigenvalue weighted by Crippen LogP contribution is 2.34. The van der Waals surface area contributed by atoms with Gasteiger partial charge in [-0.15, -0.1) is 0 Å². The summed E-state index contributed by atoms with van der Waals surface area (Å²) in [7, 11) is 1.70. The first kappa shape index (κ1) is 16.4. The van der Waals surface area contributed by atoms with Crippen molar-refractivity contribution in [3.8, 4) is 5.75 Å². The third-order valence-electron chi connectivity index (χ3n) is 4.56. The molecule has 4 nitrogen and oxygen atoms in total. The van der Waals surface area contributed by atoms with Gasteiger partial charge in [0, 0.05) is 12.1 Å². The van der Waals surface area contributed by atoms with Crippen LogP contribution in [0.5, 0.6) is 5.75 Å². The molecule has 0 aliphatic heterocycles. The van der Waals surface area contributed by atoms with Crippen molar-refractivity contribution in [3.05, 3.63) is 59.2 Å². The summed E-state index contributed by atoms with van der Waals surface area (Å²) < 4.78 is 5.33. The summed E-state index contributed by atoms with van der Waals surface area (Å²) >= 11 is 0. The number of nitrogens with one attached hydrogen (secondary N) is 1. The first-order valence-corrected chi connectivity index (χ1v) is 8.40. The molecule has 0 spiro atoms. The molecule has 126 valence electrons. The van der Waals surface area contributed by atoms with Crippen LogP contribution in [0.25, 0.3) is 0 Å². The summed E-state index contributed by atoms with van der Waals surface area (Å²) in [5, 5.41) is 12.4. The number of rotatable bonds is 6. The van der Waals surface area contributed by atoms with E-state index in [1.54, 1.807) is 7.11 Å². The molecule has 0 bridgehead atoms. The molecule has 2 aromatic carbocycles. The van der Waals surface area contributed by atoms with Crippen LogP contribution in [0.15, 0.2) is 42.5 Å². The fourth-order valence-electron chi connectivity index (χ4n) is 3.34. The van der Waals surface area contributed by atoms with Gasteiger partial charge in [-0.05, 0) is 66.6 Å². The quantitative estimate of drug-likeness (QED) is 0.835. The zero-order valence-electron chi connectivity index (χ0n) is 13.9. The molecule has 0 radical (unpaired) electrons. The Labute approximate surface area is 142 Å². The molecule has 0 aromatic heterocycles. The molecule has 4 heteroatoms. The molecule has 2 N–H and O–H groups in total. The Morgan fingerprint density at radius 2 is 2.17 bits per heavy atom. The van der Waals surface area contributed by atoms with E-state index in [9.17, 15) is 4.79 Å². The van der Waals surface area contributed by atoms with E-state index in [4.69, 9.17) is 9.84 Å². The molecule has 3 rings (SSSR count). The second-order valence-corrected chi connectivity index (χ2v) is 6.25. The van der Waals surface area contributed by atoms with E-state index >= 15 is 0 Å². The van der Waals surface area contributed by atoms with Crippen molar-refractivity contribution in [1.82, 2.24) is 0 Å². The summed E-state index contributed by atoms with van der Waals surface area (Å²) in [5.41, 5.74) is 4.78. The highest BCUT2D eigenvalue weighted by atomic mass is 16.5. The number of fused-ring (bicyclic) bond motifs is 1.